The summed E-state index contributed by atoms with van der Waals surface area (Å²) >= 11 is 0. The van der Waals surface area contributed by atoms with E-state index in [2.05, 4.69) is 9.97 Å². The van der Waals surface area contributed by atoms with Crippen LogP contribution in [0.5, 0.6) is 23.5 Å². The third kappa shape index (κ3) is 5.01. The molecule has 0 amide bonds. The number of nitrogens with zero attached hydrogens (tertiary/aromatic N) is 2. The molecule has 1 unspecified atom stereocenters. The van der Waals surface area contributed by atoms with Crippen LogP contribution in [-0.4, -0.2) is 41.4 Å². The lowest BCUT2D eigenvalue weighted by molar-refractivity contribution is -0.155. The van der Waals surface area contributed by atoms with Crippen molar-refractivity contribution in [1.82, 2.24) is 9.97 Å². The highest BCUT2D eigenvalue weighted by Crippen LogP contribution is 2.40. The molecule has 0 saturated heterocycles. The van der Waals surface area contributed by atoms with Gasteiger partial charge in [0, 0.05) is 11.1 Å². The number of carboxylic acids is 1. The van der Waals surface area contributed by atoms with Crippen LogP contribution in [0, 0.1) is 0 Å². The van der Waals surface area contributed by atoms with Crippen LogP contribution in [0.15, 0.2) is 97.1 Å². The van der Waals surface area contributed by atoms with Crippen LogP contribution in [0.3, 0.4) is 0 Å². The van der Waals surface area contributed by atoms with Crippen molar-refractivity contribution < 1.29 is 28.8 Å². The summed E-state index contributed by atoms with van der Waals surface area (Å²) in [6.45, 7) is 0. The molecule has 0 spiro atoms. The maximum absolute atomic E-state index is 12.9. The first-order chi connectivity index (χ1) is 17.1. The molecule has 1 atom stereocenters. The van der Waals surface area contributed by atoms with Crippen molar-refractivity contribution in [3.63, 3.8) is 0 Å². The van der Waals surface area contributed by atoms with Crippen LogP contribution in [0.25, 0.3) is 0 Å². The fraction of sp³-hybridized carbons (Fsp3) is 0.148. The number of benzene rings is 3. The Labute approximate surface area is 202 Å². The molecule has 8 heteroatoms. The zero-order valence-electron chi connectivity index (χ0n) is 19.2. The molecule has 4 rings (SSSR count). The lowest BCUT2D eigenvalue weighted by Crippen LogP contribution is -2.53. The van der Waals surface area contributed by atoms with E-state index in [1.165, 1.54) is 20.3 Å². The number of methoxy groups -OCH3 is 2. The Balaban J connectivity index is 1.95. The molecule has 0 radical (unpaired) electrons. The summed E-state index contributed by atoms with van der Waals surface area (Å²) in [4.78, 5) is 21.2. The smallest absolute Gasteiger partial charge is 0.350 e. The third-order valence-corrected chi connectivity index (χ3v) is 5.32. The molecule has 8 nitrogen and oxygen atoms in total. The van der Waals surface area contributed by atoms with E-state index < -0.39 is 17.7 Å². The van der Waals surface area contributed by atoms with Crippen molar-refractivity contribution in [2.24, 2.45) is 0 Å². The van der Waals surface area contributed by atoms with Crippen molar-refractivity contribution >= 4 is 5.97 Å². The van der Waals surface area contributed by atoms with Gasteiger partial charge in [0.2, 0.25) is 23.5 Å². The van der Waals surface area contributed by atoms with E-state index in [0.717, 1.165) is 0 Å². The third-order valence-electron chi connectivity index (χ3n) is 5.32. The van der Waals surface area contributed by atoms with Crippen molar-refractivity contribution in [2.45, 2.75) is 11.7 Å². The highest BCUT2D eigenvalue weighted by Gasteiger charge is 2.51. The fourth-order valence-electron chi connectivity index (χ4n) is 3.74. The summed E-state index contributed by atoms with van der Waals surface area (Å²) in [6.07, 6.45) is -1.61. The van der Waals surface area contributed by atoms with E-state index in [0.29, 0.717) is 16.9 Å². The van der Waals surface area contributed by atoms with Crippen LogP contribution in [0.1, 0.15) is 11.1 Å². The molecule has 35 heavy (non-hydrogen) atoms. The summed E-state index contributed by atoms with van der Waals surface area (Å²) in [5.41, 5.74) is -0.482. The molecule has 0 aliphatic carbocycles. The highest BCUT2D eigenvalue weighted by molar-refractivity contribution is 5.76. The second kappa shape index (κ2) is 10.6. The SMILES string of the molecule is COc1cc(OC)nc(OC(C(=O)O)C(Oc2ccccc2)(c2ccccc2)c2ccccc2)n1. The molecule has 0 aliphatic rings. The average molecular weight is 472 g/mol. The van der Waals surface area contributed by atoms with Crippen molar-refractivity contribution in [1.29, 1.82) is 0 Å². The second-order valence-electron chi connectivity index (χ2n) is 7.45. The van der Waals surface area contributed by atoms with Gasteiger partial charge >= 0.3 is 12.0 Å². The predicted octanol–water partition coefficient (Wildman–Crippen LogP) is 4.35. The first kappa shape index (κ1) is 23.6. The van der Waals surface area contributed by atoms with Gasteiger partial charge < -0.3 is 24.1 Å². The summed E-state index contributed by atoms with van der Waals surface area (Å²) in [5.74, 6) is -0.506. The second-order valence-corrected chi connectivity index (χ2v) is 7.45. The molecule has 0 fully saturated rings. The van der Waals surface area contributed by atoms with Crippen LogP contribution in [0.4, 0.5) is 0 Å². The van der Waals surface area contributed by atoms with Gasteiger partial charge in [-0.25, -0.2) is 4.79 Å². The summed E-state index contributed by atoms with van der Waals surface area (Å²) in [7, 11) is 2.86. The standard InChI is InChI=1S/C27H24N2O6/c1-32-22-18-23(33-2)29-26(28-22)34-24(25(30)31)27(19-12-6-3-7-13-19,20-14-8-4-9-15-20)35-21-16-10-5-11-17-21/h3-18,24H,1-2H3,(H,30,31). The Bertz CT molecular complexity index is 1190. The zero-order chi connectivity index (χ0) is 24.7. The van der Waals surface area contributed by atoms with Crippen molar-refractivity contribution in [3.8, 4) is 23.5 Å². The maximum atomic E-state index is 12.9. The van der Waals surface area contributed by atoms with Crippen LogP contribution < -0.4 is 18.9 Å². The number of aromatic nitrogens is 2. The fourth-order valence-corrected chi connectivity index (χ4v) is 3.74. The van der Waals surface area contributed by atoms with Gasteiger partial charge in [-0.1, -0.05) is 78.9 Å². The minimum Gasteiger partial charge on any atom is -0.481 e. The van der Waals surface area contributed by atoms with E-state index in [-0.39, 0.29) is 17.8 Å². The Morgan fingerprint density at radius 3 is 1.66 bits per heavy atom. The van der Waals surface area contributed by atoms with Crippen molar-refractivity contribution in [3.05, 3.63) is 108 Å². The van der Waals surface area contributed by atoms with E-state index in [1.807, 2.05) is 54.6 Å². The summed E-state index contributed by atoms with van der Waals surface area (Å²) in [5, 5.41) is 10.5. The molecule has 3 aromatic carbocycles. The highest BCUT2D eigenvalue weighted by atomic mass is 16.6. The molecular weight excluding hydrogens is 448 g/mol. The molecule has 1 heterocycles. The van der Waals surface area contributed by atoms with Gasteiger partial charge in [0.05, 0.1) is 20.3 Å². The first-order valence-corrected chi connectivity index (χ1v) is 10.8. The Morgan fingerprint density at radius 2 is 1.23 bits per heavy atom. The molecule has 178 valence electrons. The quantitative estimate of drug-likeness (QED) is 0.364. The lowest BCUT2D eigenvalue weighted by atomic mass is 9.81. The molecule has 0 aliphatic heterocycles. The van der Waals surface area contributed by atoms with Gasteiger partial charge in [-0.15, -0.1) is 0 Å². The number of hydrogen-bond donors (Lipinski definition) is 1. The molecule has 4 aromatic rings. The lowest BCUT2D eigenvalue weighted by Gasteiger charge is -2.39. The molecule has 0 bridgehead atoms. The van der Waals surface area contributed by atoms with E-state index in [4.69, 9.17) is 18.9 Å². The summed E-state index contributed by atoms with van der Waals surface area (Å²) in [6, 6.07) is 28.3. The van der Waals surface area contributed by atoms with Gasteiger partial charge in [-0.05, 0) is 12.1 Å². The van der Waals surface area contributed by atoms with Crippen molar-refractivity contribution in [2.75, 3.05) is 14.2 Å². The van der Waals surface area contributed by atoms with Crippen LogP contribution >= 0.6 is 0 Å². The topological polar surface area (TPSA) is 100 Å². The maximum Gasteiger partial charge on any atom is 0.350 e. The van der Waals surface area contributed by atoms with Gasteiger partial charge in [0.25, 0.3) is 0 Å². The molecule has 1 N–H and O–H groups in total. The van der Waals surface area contributed by atoms with Gasteiger partial charge in [0.15, 0.2) is 0 Å². The van der Waals surface area contributed by atoms with Gasteiger partial charge in [-0.3, -0.25) is 0 Å². The zero-order valence-corrected chi connectivity index (χ0v) is 19.2. The Kier molecular flexibility index (Phi) is 7.11. The minimum absolute atomic E-state index is 0.157. The number of carboxylic acid groups (broad SMARTS) is 1. The molecule has 1 aromatic heterocycles. The number of rotatable bonds is 10. The Hall–Kier alpha value is -4.59. The van der Waals surface area contributed by atoms with Crippen LogP contribution in [0.2, 0.25) is 0 Å². The number of aliphatic carboxylic acids is 1. The first-order valence-electron chi connectivity index (χ1n) is 10.8. The monoisotopic (exact) mass is 472 g/mol. The van der Waals surface area contributed by atoms with Gasteiger partial charge in [-0.2, -0.15) is 9.97 Å². The minimum atomic E-state index is -1.62. The number of para-hydroxylation sites is 1. The van der Waals surface area contributed by atoms with E-state index >= 15 is 0 Å². The summed E-state index contributed by atoms with van der Waals surface area (Å²) < 4.78 is 23.0. The average Bonchev–Trinajstić information content (AvgIpc) is 2.91. The van der Waals surface area contributed by atoms with Crippen LogP contribution in [-0.2, 0) is 10.4 Å². The molecule has 0 saturated carbocycles. The predicted molar refractivity (Wildman–Crippen MR) is 128 cm³/mol. The molecular formula is C27H24N2O6. The number of hydrogen-bond acceptors (Lipinski definition) is 7. The Morgan fingerprint density at radius 1 is 0.771 bits per heavy atom. The normalized spacial score (nSPS) is 11.8. The van der Waals surface area contributed by atoms with E-state index in [1.54, 1.807) is 36.4 Å². The largest absolute Gasteiger partial charge is 0.481 e. The number of ether oxygens (including phenoxy) is 4. The van der Waals surface area contributed by atoms with Gasteiger partial charge in [0.1, 0.15) is 5.75 Å². The van der Waals surface area contributed by atoms with E-state index in [9.17, 15) is 9.90 Å². The number of carbonyl (C=O) groups is 1.